The molecule has 0 radical (unpaired) electrons. The minimum atomic E-state index is -0.618. The van der Waals surface area contributed by atoms with E-state index in [1.165, 1.54) is 37.1 Å². The van der Waals surface area contributed by atoms with Crippen LogP contribution in [0.1, 0.15) is 66.7 Å². The zero-order valence-corrected chi connectivity index (χ0v) is 23.4. The van der Waals surface area contributed by atoms with Gasteiger partial charge in [-0.15, -0.1) is 0 Å². The molecular formula is C32H35FN4O4. The van der Waals surface area contributed by atoms with Crippen LogP contribution in [0.2, 0.25) is 0 Å². The number of carbonyl (C=O) groups is 3. The number of carbonyl (C=O) groups excluding carboxylic acids is 3. The van der Waals surface area contributed by atoms with E-state index in [0.717, 1.165) is 29.7 Å². The van der Waals surface area contributed by atoms with Gasteiger partial charge >= 0.3 is 0 Å². The molecule has 1 aliphatic heterocycles. The minimum absolute atomic E-state index is 0.129. The summed E-state index contributed by atoms with van der Waals surface area (Å²) in [5.74, 6) is -0.0714. The molecular weight excluding hydrogens is 523 g/mol. The summed E-state index contributed by atoms with van der Waals surface area (Å²) in [6, 6.07) is 12.2. The van der Waals surface area contributed by atoms with Crippen LogP contribution in [0.5, 0.6) is 5.75 Å². The summed E-state index contributed by atoms with van der Waals surface area (Å²) in [5.41, 5.74) is 2.58. The number of rotatable bonds is 9. The van der Waals surface area contributed by atoms with Crippen LogP contribution in [0.15, 0.2) is 54.6 Å². The normalized spacial score (nSPS) is 17.8. The van der Waals surface area contributed by atoms with Gasteiger partial charge in [0.05, 0.1) is 25.2 Å². The molecule has 3 amide bonds. The van der Waals surface area contributed by atoms with E-state index in [4.69, 9.17) is 4.74 Å². The summed E-state index contributed by atoms with van der Waals surface area (Å²) in [7, 11) is 1.63. The molecule has 2 atom stereocenters. The number of hydrogen-bond donors (Lipinski definition) is 2. The molecule has 214 valence electrons. The molecule has 2 N–H and O–H groups in total. The highest BCUT2D eigenvalue weighted by molar-refractivity contribution is 5.97. The van der Waals surface area contributed by atoms with Gasteiger partial charge in [0.1, 0.15) is 23.3 Å². The number of piperidine rings is 1. The molecule has 0 bridgehead atoms. The molecule has 1 aromatic heterocycles. The maximum absolute atomic E-state index is 13.4. The number of fused-ring (bicyclic) bond motifs is 1. The predicted molar refractivity (Wildman–Crippen MR) is 155 cm³/mol. The Morgan fingerprint density at radius 3 is 2.71 bits per heavy atom. The third kappa shape index (κ3) is 6.90. The molecule has 3 aromatic rings. The zero-order chi connectivity index (χ0) is 28.9. The lowest BCUT2D eigenvalue weighted by Crippen LogP contribution is -2.54. The fourth-order valence-electron chi connectivity index (χ4n) is 5.21. The SMILES string of the molecule is COc1ccc([C@H](C)NC(=O)C2CCCCN2C(=O)CNC(=O)c2ccc3cc(F)ccc3n2)c(/C=C/C2CC2)c1. The van der Waals surface area contributed by atoms with E-state index >= 15 is 0 Å². The number of ether oxygens (including phenoxy) is 1. The van der Waals surface area contributed by atoms with E-state index in [1.807, 2.05) is 25.1 Å². The monoisotopic (exact) mass is 558 g/mol. The highest BCUT2D eigenvalue weighted by atomic mass is 19.1. The van der Waals surface area contributed by atoms with Crippen LogP contribution in [0, 0.1) is 11.7 Å². The lowest BCUT2D eigenvalue weighted by molar-refractivity contribution is -0.141. The van der Waals surface area contributed by atoms with E-state index in [2.05, 4.69) is 27.8 Å². The Kier molecular flexibility index (Phi) is 8.61. The zero-order valence-electron chi connectivity index (χ0n) is 23.4. The third-order valence-electron chi connectivity index (χ3n) is 7.70. The van der Waals surface area contributed by atoms with Crippen molar-refractivity contribution in [1.29, 1.82) is 0 Å². The van der Waals surface area contributed by atoms with E-state index in [1.54, 1.807) is 18.1 Å². The van der Waals surface area contributed by atoms with Crippen LogP contribution >= 0.6 is 0 Å². The summed E-state index contributed by atoms with van der Waals surface area (Å²) < 4.78 is 18.9. The molecule has 2 fully saturated rings. The first-order valence-electron chi connectivity index (χ1n) is 14.1. The summed E-state index contributed by atoms with van der Waals surface area (Å²) in [6.07, 6.45) is 8.88. The molecule has 5 rings (SSSR count). The molecule has 0 spiro atoms. The van der Waals surface area contributed by atoms with Gasteiger partial charge in [-0.1, -0.05) is 24.3 Å². The van der Waals surface area contributed by atoms with Crippen molar-refractivity contribution in [2.45, 2.75) is 51.1 Å². The summed E-state index contributed by atoms with van der Waals surface area (Å²) in [4.78, 5) is 45.2. The molecule has 2 aliphatic rings. The van der Waals surface area contributed by atoms with Crippen LogP contribution in [0.25, 0.3) is 17.0 Å². The number of pyridine rings is 1. The number of nitrogens with zero attached hydrogens (tertiary/aromatic N) is 2. The van der Waals surface area contributed by atoms with Crippen molar-refractivity contribution in [3.63, 3.8) is 0 Å². The molecule has 41 heavy (non-hydrogen) atoms. The number of amides is 3. The third-order valence-corrected chi connectivity index (χ3v) is 7.70. The molecule has 1 unspecified atom stereocenters. The number of methoxy groups -OCH3 is 1. The number of likely N-dealkylation sites (tertiary alicyclic amines) is 1. The van der Waals surface area contributed by atoms with Crippen molar-refractivity contribution >= 4 is 34.7 Å². The van der Waals surface area contributed by atoms with Gasteiger partial charge in [-0.3, -0.25) is 14.4 Å². The van der Waals surface area contributed by atoms with Crippen molar-refractivity contribution in [2.24, 2.45) is 5.92 Å². The van der Waals surface area contributed by atoms with Crippen molar-refractivity contribution in [1.82, 2.24) is 20.5 Å². The summed E-state index contributed by atoms with van der Waals surface area (Å²) in [6.45, 7) is 2.13. The van der Waals surface area contributed by atoms with Gasteiger partial charge in [-0.25, -0.2) is 9.37 Å². The molecule has 2 heterocycles. The Bertz CT molecular complexity index is 1490. The maximum atomic E-state index is 13.4. The first-order valence-corrected chi connectivity index (χ1v) is 14.1. The Labute approximate surface area is 239 Å². The molecule has 8 nitrogen and oxygen atoms in total. The van der Waals surface area contributed by atoms with Gasteiger partial charge in [0.2, 0.25) is 11.8 Å². The van der Waals surface area contributed by atoms with Crippen LogP contribution < -0.4 is 15.4 Å². The van der Waals surface area contributed by atoms with Crippen LogP contribution in [0.3, 0.4) is 0 Å². The van der Waals surface area contributed by atoms with Crippen molar-refractivity contribution in [3.05, 3.63) is 77.2 Å². The Balaban J connectivity index is 1.22. The highest BCUT2D eigenvalue weighted by Crippen LogP contribution is 2.32. The van der Waals surface area contributed by atoms with E-state index in [9.17, 15) is 18.8 Å². The number of hydrogen-bond acceptors (Lipinski definition) is 5. The number of aromatic nitrogens is 1. The highest BCUT2D eigenvalue weighted by Gasteiger charge is 2.33. The fourth-order valence-corrected chi connectivity index (χ4v) is 5.21. The van der Waals surface area contributed by atoms with Crippen LogP contribution in [0.4, 0.5) is 4.39 Å². The minimum Gasteiger partial charge on any atom is -0.497 e. The lowest BCUT2D eigenvalue weighted by Gasteiger charge is -2.35. The number of nitrogens with one attached hydrogen (secondary N) is 2. The van der Waals surface area contributed by atoms with Gasteiger partial charge in [-0.05, 0) is 92.5 Å². The molecule has 2 aromatic carbocycles. The fraction of sp³-hybridized carbons (Fsp3) is 0.375. The number of halogens is 1. The van der Waals surface area contributed by atoms with Gasteiger partial charge < -0.3 is 20.3 Å². The lowest BCUT2D eigenvalue weighted by atomic mass is 9.98. The average Bonchev–Trinajstić information content (AvgIpc) is 3.82. The van der Waals surface area contributed by atoms with E-state index in [0.29, 0.717) is 29.8 Å². The standard InChI is InChI=1S/C32H35FN4O4/c1-20(26-13-12-25(41-2)18-22(26)9-8-21-6-7-21)35-32(40)29-5-3-4-16-37(29)30(38)19-34-31(39)28-14-10-23-17-24(33)11-15-27(23)36-28/h8-15,17-18,20-21,29H,3-7,16,19H2,1-2H3,(H,34,39)(H,35,40)/b9-8+/t20-,29?/m0/s1. The Hall–Kier alpha value is -4.27. The van der Waals surface area contributed by atoms with Gasteiger partial charge in [0, 0.05) is 11.9 Å². The second-order valence-corrected chi connectivity index (χ2v) is 10.7. The second kappa shape index (κ2) is 12.5. The van der Waals surface area contributed by atoms with Gasteiger partial charge in [0.25, 0.3) is 5.91 Å². The van der Waals surface area contributed by atoms with E-state index in [-0.39, 0.29) is 35.9 Å². The first kappa shape index (κ1) is 28.3. The predicted octanol–water partition coefficient (Wildman–Crippen LogP) is 4.79. The summed E-state index contributed by atoms with van der Waals surface area (Å²) in [5, 5.41) is 6.32. The van der Waals surface area contributed by atoms with Gasteiger partial charge in [0.15, 0.2) is 0 Å². The second-order valence-electron chi connectivity index (χ2n) is 10.7. The Morgan fingerprint density at radius 2 is 1.93 bits per heavy atom. The topological polar surface area (TPSA) is 101 Å². The smallest absolute Gasteiger partial charge is 0.270 e. The van der Waals surface area contributed by atoms with Crippen LogP contribution in [-0.2, 0) is 9.59 Å². The molecule has 9 heteroatoms. The largest absolute Gasteiger partial charge is 0.497 e. The average molecular weight is 559 g/mol. The molecule has 1 saturated heterocycles. The van der Waals surface area contributed by atoms with Gasteiger partial charge in [-0.2, -0.15) is 0 Å². The number of benzene rings is 2. The molecule has 1 aliphatic carbocycles. The van der Waals surface area contributed by atoms with Crippen molar-refractivity contribution in [3.8, 4) is 5.75 Å². The quantitative estimate of drug-likeness (QED) is 0.393. The van der Waals surface area contributed by atoms with Crippen LogP contribution in [-0.4, -0.2) is 53.8 Å². The van der Waals surface area contributed by atoms with Crippen molar-refractivity contribution in [2.75, 3.05) is 20.2 Å². The van der Waals surface area contributed by atoms with E-state index < -0.39 is 11.9 Å². The molecule has 1 saturated carbocycles. The van der Waals surface area contributed by atoms with Crippen molar-refractivity contribution < 1.29 is 23.5 Å². The Morgan fingerprint density at radius 1 is 1.10 bits per heavy atom. The first-order chi connectivity index (χ1) is 19.8. The number of allylic oxidation sites excluding steroid dienone is 1. The maximum Gasteiger partial charge on any atom is 0.270 e. The summed E-state index contributed by atoms with van der Waals surface area (Å²) >= 11 is 0.